The second-order valence-corrected chi connectivity index (χ2v) is 4.31. The van der Waals surface area contributed by atoms with Gasteiger partial charge in [0.2, 0.25) is 11.8 Å². The first kappa shape index (κ1) is 12.9. The lowest BCUT2D eigenvalue weighted by atomic mass is 10.1. The molecule has 3 amide bonds. The van der Waals surface area contributed by atoms with Gasteiger partial charge in [-0.3, -0.25) is 19.7 Å². The molecule has 7 heteroatoms. The molecule has 1 fully saturated rings. The average molecular weight is 262 g/mol. The molecule has 1 aromatic carbocycles. The number of benzene rings is 1. The molecule has 0 saturated carbocycles. The van der Waals surface area contributed by atoms with Gasteiger partial charge in [-0.2, -0.15) is 0 Å². The maximum atomic E-state index is 11.6. The monoisotopic (exact) mass is 262 g/mol. The van der Waals surface area contributed by atoms with Crippen LogP contribution in [0.3, 0.4) is 0 Å². The van der Waals surface area contributed by atoms with Crippen LogP contribution < -0.4 is 22.1 Å². The second-order valence-electron chi connectivity index (χ2n) is 4.31. The molecule has 1 aliphatic rings. The van der Waals surface area contributed by atoms with Crippen molar-refractivity contribution in [2.45, 2.75) is 18.9 Å². The van der Waals surface area contributed by atoms with Gasteiger partial charge in [-0.15, -0.1) is 0 Å². The van der Waals surface area contributed by atoms with Crippen LogP contribution in [0.15, 0.2) is 18.2 Å². The lowest BCUT2D eigenvalue weighted by Gasteiger charge is -2.23. The van der Waals surface area contributed by atoms with Crippen molar-refractivity contribution in [2.75, 3.05) is 11.1 Å². The normalized spacial score (nSPS) is 18.8. The summed E-state index contributed by atoms with van der Waals surface area (Å²) in [4.78, 5) is 33.8. The minimum Gasteiger partial charge on any atom is -0.398 e. The zero-order valence-corrected chi connectivity index (χ0v) is 10.1. The average Bonchev–Trinajstić information content (AvgIpc) is 2.34. The van der Waals surface area contributed by atoms with Crippen LogP contribution in [-0.2, 0) is 9.59 Å². The SMILES string of the molecule is NC(=O)c1cc(NC2CCC(=O)NC2=O)ccc1N. The summed E-state index contributed by atoms with van der Waals surface area (Å²) < 4.78 is 0. The molecule has 0 aromatic heterocycles. The molecule has 0 spiro atoms. The quantitative estimate of drug-likeness (QED) is 0.435. The number of hydrogen-bond donors (Lipinski definition) is 4. The molecular formula is C12H14N4O3. The molecule has 1 aliphatic heterocycles. The predicted octanol–water partition coefficient (Wildman–Crippen LogP) is -0.415. The standard InChI is InChI=1S/C12H14N4O3/c13-8-2-1-6(5-7(8)11(14)18)15-9-3-4-10(17)16-12(9)19/h1-2,5,9,15H,3-4,13H2,(H2,14,18)(H,16,17,19). The largest absolute Gasteiger partial charge is 0.398 e. The molecule has 2 rings (SSSR count). The maximum Gasteiger partial charge on any atom is 0.250 e. The molecule has 0 radical (unpaired) electrons. The van der Waals surface area contributed by atoms with Crippen LogP contribution >= 0.6 is 0 Å². The Labute approximate surface area is 109 Å². The maximum absolute atomic E-state index is 11.6. The van der Waals surface area contributed by atoms with E-state index >= 15 is 0 Å². The summed E-state index contributed by atoms with van der Waals surface area (Å²) in [5.41, 5.74) is 11.8. The van der Waals surface area contributed by atoms with Crippen LogP contribution in [0.25, 0.3) is 0 Å². The van der Waals surface area contributed by atoms with Gasteiger partial charge in [-0.05, 0) is 24.6 Å². The molecular weight excluding hydrogens is 248 g/mol. The third-order valence-corrected chi connectivity index (χ3v) is 2.90. The highest BCUT2D eigenvalue weighted by atomic mass is 16.2. The summed E-state index contributed by atoms with van der Waals surface area (Å²) in [5.74, 6) is -1.30. The van der Waals surface area contributed by atoms with Gasteiger partial charge in [0.25, 0.3) is 5.91 Å². The number of piperidine rings is 1. The van der Waals surface area contributed by atoms with Crippen molar-refractivity contribution in [3.05, 3.63) is 23.8 Å². The van der Waals surface area contributed by atoms with Crippen molar-refractivity contribution in [3.8, 4) is 0 Å². The van der Waals surface area contributed by atoms with Gasteiger partial charge in [0.15, 0.2) is 0 Å². The lowest BCUT2D eigenvalue weighted by Crippen LogP contribution is -2.47. The van der Waals surface area contributed by atoms with Gasteiger partial charge in [-0.25, -0.2) is 0 Å². The zero-order valence-electron chi connectivity index (χ0n) is 10.1. The van der Waals surface area contributed by atoms with Crippen LogP contribution in [-0.4, -0.2) is 23.8 Å². The highest BCUT2D eigenvalue weighted by Crippen LogP contribution is 2.19. The molecule has 1 unspecified atom stereocenters. The Morgan fingerprint density at radius 1 is 1.37 bits per heavy atom. The molecule has 7 nitrogen and oxygen atoms in total. The van der Waals surface area contributed by atoms with Gasteiger partial charge in [0, 0.05) is 17.8 Å². The van der Waals surface area contributed by atoms with Gasteiger partial charge in [0.1, 0.15) is 6.04 Å². The molecule has 19 heavy (non-hydrogen) atoms. The first-order valence-corrected chi connectivity index (χ1v) is 5.77. The number of rotatable bonds is 3. The Kier molecular flexibility index (Phi) is 3.37. The summed E-state index contributed by atoms with van der Waals surface area (Å²) in [6, 6.07) is 4.16. The van der Waals surface area contributed by atoms with Crippen LogP contribution in [0.1, 0.15) is 23.2 Å². The lowest BCUT2D eigenvalue weighted by molar-refractivity contribution is -0.133. The number of primary amides is 1. The predicted molar refractivity (Wildman–Crippen MR) is 69.2 cm³/mol. The topological polar surface area (TPSA) is 127 Å². The first-order valence-electron chi connectivity index (χ1n) is 5.77. The van der Waals surface area contributed by atoms with E-state index in [1.807, 2.05) is 0 Å². The Bertz CT molecular complexity index is 556. The van der Waals surface area contributed by atoms with Crippen molar-refractivity contribution >= 4 is 29.1 Å². The van der Waals surface area contributed by atoms with E-state index < -0.39 is 11.9 Å². The third kappa shape index (κ3) is 2.82. The molecule has 1 aromatic rings. The number of nitrogens with one attached hydrogen (secondary N) is 2. The zero-order chi connectivity index (χ0) is 14.0. The Hall–Kier alpha value is -2.57. The summed E-state index contributed by atoms with van der Waals surface area (Å²) in [6.07, 6.45) is 0.683. The van der Waals surface area contributed by atoms with E-state index in [1.165, 1.54) is 12.1 Å². The molecule has 100 valence electrons. The molecule has 1 heterocycles. The minimum absolute atomic E-state index is 0.192. The van der Waals surface area contributed by atoms with Crippen molar-refractivity contribution in [3.63, 3.8) is 0 Å². The number of carbonyl (C=O) groups excluding carboxylic acids is 3. The number of anilines is 2. The van der Waals surface area contributed by atoms with Gasteiger partial charge in [0.05, 0.1) is 5.56 Å². The summed E-state index contributed by atoms with van der Waals surface area (Å²) in [7, 11) is 0. The highest BCUT2D eigenvalue weighted by molar-refractivity contribution is 6.02. The summed E-state index contributed by atoms with van der Waals surface area (Å²) in [6.45, 7) is 0. The third-order valence-electron chi connectivity index (χ3n) is 2.90. The summed E-state index contributed by atoms with van der Waals surface area (Å²) >= 11 is 0. The van der Waals surface area contributed by atoms with E-state index in [9.17, 15) is 14.4 Å². The Morgan fingerprint density at radius 3 is 2.74 bits per heavy atom. The van der Waals surface area contributed by atoms with E-state index in [4.69, 9.17) is 11.5 Å². The van der Waals surface area contributed by atoms with E-state index in [0.29, 0.717) is 12.1 Å². The number of imide groups is 1. The molecule has 6 N–H and O–H groups in total. The van der Waals surface area contributed by atoms with Gasteiger partial charge >= 0.3 is 0 Å². The Morgan fingerprint density at radius 2 is 2.11 bits per heavy atom. The van der Waals surface area contributed by atoms with Crippen LogP contribution in [0.5, 0.6) is 0 Å². The highest BCUT2D eigenvalue weighted by Gasteiger charge is 2.26. The fraction of sp³-hybridized carbons (Fsp3) is 0.250. The number of nitrogen functional groups attached to an aromatic ring is 1. The fourth-order valence-corrected chi connectivity index (χ4v) is 1.89. The van der Waals surface area contributed by atoms with Gasteiger partial charge < -0.3 is 16.8 Å². The van der Waals surface area contributed by atoms with Crippen molar-refractivity contribution in [1.82, 2.24) is 5.32 Å². The molecule has 1 saturated heterocycles. The minimum atomic E-state index is -0.635. The number of hydrogen-bond acceptors (Lipinski definition) is 5. The van der Waals surface area contributed by atoms with Crippen LogP contribution in [0.2, 0.25) is 0 Å². The number of amides is 3. The van der Waals surface area contributed by atoms with E-state index in [1.54, 1.807) is 6.07 Å². The smallest absolute Gasteiger partial charge is 0.250 e. The van der Waals surface area contributed by atoms with Gasteiger partial charge in [-0.1, -0.05) is 0 Å². The van der Waals surface area contributed by atoms with Crippen molar-refractivity contribution in [2.24, 2.45) is 5.73 Å². The van der Waals surface area contributed by atoms with E-state index in [0.717, 1.165) is 0 Å². The van der Waals surface area contributed by atoms with Crippen molar-refractivity contribution < 1.29 is 14.4 Å². The molecule has 0 bridgehead atoms. The molecule has 1 atom stereocenters. The summed E-state index contributed by atoms with van der Waals surface area (Å²) in [5, 5.41) is 5.19. The van der Waals surface area contributed by atoms with E-state index in [2.05, 4.69) is 10.6 Å². The fourth-order valence-electron chi connectivity index (χ4n) is 1.89. The second kappa shape index (κ2) is 4.97. The molecule has 0 aliphatic carbocycles. The van der Waals surface area contributed by atoms with Crippen LogP contribution in [0, 0.1) is 0 Å². The van der Waals surface area contributed by atoms with Crippen molar-refractivity contribution in [1.29, 1.82) is 0 Å². The number of nitrogens with two attached hydrogens (primary N) is 2. The number of carbonyl (C=O) groups is 3. The first-order chi connectivity index (χ1) is 8.97. The van der Waals surface area contributed by atoms with Crippen LogP contribution in [0.4, 0.5) is 11.4 Å². The Balaban J connectivity index is 2.15. The van der Waals surface area contributed by atoms with E-state index in [-0.39, 0.29) is 29.5 Å².